The topological polar surface area (TPSA) is 46.2 Å². The van der Waals surface area contributed by atoms with Gasteiger partial charge >= 0.3 is 0 Å². The van der Waals surface area contributed by atoms with E-state index >= 15 is 0 Å². The van der Waals surface area contributed by atoms with Gasteiger partial charge in [-0.2, -0.15) is 0 Å². The van der Waals surface area contributed by atoms with Crippen molar-refractivity contribution in [2.75, 3.05) is 0 Å². The van der Waals surface area contributed by atoms with E-state index in [0.29, 0.717) is 12.3 Å². The molecular weight excluding hydrogens is 294 g/mol. The van der Waals surface area contributed by atoms with Gasteiger partial charge in [0.05, 0.1) is 0 Å². The molecule has 130 valence electrons. The maximum absolute atomic E-state index is 10.9. The zero-order valence-electron chi connectivity index (χ0n) is 16.1. The van der Waals surface area contributed by atoms with Crippen molar-refractivity contribution in [1.29, 1.82) is 0 Å². The van der Waals surface area contributed by atoms with Gasteiger partial charge in [0.25, 0.3) is 0 Å². The fourth-order valence-corrected chi connectivity index (χ4v) is 2.97. The maximum atomic E-state index is 10.9. The van der Waals surface area contributed by atoms with Crippen LogP contribution in [-0.2, 0) is 17.4 Å². The minimum absolute atomic E-state index is 0.0340. The Morgan fingerprint density at radius 3 is 2.00 bits per heavy atom. The smallest absolute Gasteiger partial charge is 0.127 e. The van der Waals surface area contributed by atoms with Crippen molar-refractivity contribution >= 4 is 0 Å². The van der Waals surface area contributed by atoms with Gasteiger partial charge in [0.1, 0.15) is 5.75 Å². The van der Waals surface area contributed by atoms with Gasteiger partial charge in [-0.15, -0.1) is 0 Å². The van der Waals surface area contributed by atoms with E-state index in [-0.39, 0.29) is 10.8 Å². The molecule has 0 atom stereocenters. The van der Waals surface area contributed by atoms with Crippen molar-refractivity contribution in [3.05, 3.63) is 52.6 Å². The SMILES string of the molecule is Cc1cc(-c2cc(CN)cc(C(C)(C)C)c2)c(O)c(C(C)(C)C)c1. The molecule has 0 radical (unpaired) electrons. The standard InChI is InChI=1S/C22H31NO/c1-14-8-18(20(24)19(9-14)22(5,6)7)16-10-15(13-23)11-17(12-16)21(2,3)4/h8-12,24H,13,23H2,1-7H3. The Morgan fingerprint density at radius 1 is 0.875 bits per heavy atom. The van der Waals surface area contributed by atoms with E-state index < -0.39 is 0 Å². The fourth-order valence-electron chi connectivity index (χ4n) is 2.97. The van der Waals surface area contributed by atoms with Gasteiger partial charge in [-0.3, -0.25) is 0 Å². The zero-order valence-corrected chi connectivity index (χ0v) is 16.1. The van der Waals surface area contributed by atoms with Gasteiger partial charge in [-0.1, -0.05) is 59.7 Å². The molecule has 2 heteroatoms. The zero-order chi connectivity index (χ0) is 18.3. The van der Waals surface area contributed by atoms with Gasteiger partial charge in [0, 0.05) is 17.7 Å². The van der Waals surface area contributed by atoms with Gasteiger partial charge in [-0.05, 0) is 52.1 Å². The number of hydrogen-bond acceptors (Lipinski definition) is 2. The van der Waals surface area contributed by atoms with Crippen LogP contribution in [0.15, 0.2) is 30.3 Å². The minimum atomic E-state index is -0.108. The van der Waals surface area contributed by atoms with E-state index in [1.165, 1.54) is 5.56 Å². The number of benzene rings is 2. The summed E-state index contributed by atoms with van der Waals surface area (Å²) in [6.07, 6.45) is 0. The highest BCUT2D eigenvalue weighted by Gasteiger charge is 2.22. The molecule has 0 spiro atoms. The summed E-state index contributed by atoms with van der Waals surface area (Å²) >= 11 is 0. The van der Waals surface area contributed by atoms with Gasteiger partial charge in [-0.25, -0.2) is 0 Å². The molecule has 0 aliphatic heterocycles. The molecule has 0 amide bonds. The Bertz CT molecular complexity index is 746. The molecule has 0 bridgehead atoms. The molecule has 0 saturated heterocycles. The first-order chi connectivity index (χ1) is 10.9. The lowest BCUT2D eigenvalue weighted by Gasteiger charge is -2.25. The van der Waals surface area contributed by atoms with Crippen molar-refractivity contribution in [3.8, 4) is 16.9 Å². The maximum Gasteiger partial charge on any atom is 0.127 e. The van der Waals surface area contributed by atoms with Crippen molar-refractivity contribution < 1.29 is 5.11 Å². The number of rotatable bonds is 2. The summed E-state index contributed by atoms with van der Waals surface area (Å²) in [5.74, 6) is 0.377. The number of aryl methyl sites for hydroxylation is 1. The van der Waals surface area contributed by atoms with Crippen LogP contribution in [0, 0.1) is 6.92 Å². The van der Waals surface area contributed by atoms with E-state index in [1.807, 2.05) is 0 Å². The molecule has 2 aromatic rings. The van der Waals surface area contributed by atoms with Crippen LogP contribution in [0.2, 0.25) is 0 Å². The van der Waals surface area contributed by atoms with E-state index in [2.05, 4.69) is 78.8 Å². The third-order valence-electron chi connectivity index (χ3n) is 4.47. The highest BCUT2D eigenvalue weighted by Crippen LogP contribution is 2.40. The second kappa shape index (κ2) is 6.25. The Labute approximate surface area is 146 Å². The van der Waals surface area contributed by atoms with Crippen LogP contribution in [0.4, 0.5) is 0 Å². The average Bonchev–Trinajstić information content (AvgIpc) is 2.46. The Hall–Kier alpha value is -1.80. The molecule has 0 fully saturated rings. The summed E-state index contributed by atoms with van der Waals surface area (Å²) < 4.78 is 0. The molecular formula is C22H31NO. The summed E-state index contributed by atoms with van der Waals surface area (Å²) in [4.78, 5) is 0. The van der Waals surface area contributed by atoms with Gasteiger partial charge in [0.15, 0.2) is 0 Å². The second-order valence-corrected chi connectivity index (χ2v) is 8.83. The molecule has 0 saturated carbocycles. The van der Waals surface area contributed by atoms with Gasteiger partial charge < -0.3 is 10.8 Å². The number of aromatic hydroxyl groups is 1. The van der Waals surface area contributed by atoms with Crippen LogP contribution in [-0.4, -0.2) is 5.11 Å². The summed E-state index contributed by atoms with van der Waals surface area (Å²) in [7, 11) is 0. The molecule has 0 aliphatic rings. The van der Waals surface area contributed by atoms with E-state index in [4.69, 9.17) is 5.73 Å². The highest BCUT2D eigenvalue weighted by molar-refractivity contribution is 5.74. The predicted octanol–water partition coefficient (Wildman–Crippen LogP) is 5.42. The van der Waals surface area contributed by atoms with E-state index in [9.17, 15) is 5.11 Å². The van der Waals surface area contributed by atoms with Crippen LogP contribution >= 0.6 is 0 Å². The monoisotopic (exact) mass is 325 g/mol. The van der Waals surface area contributed by atoms with Crippen LogP contribution < -0.4 is 5.73 Å². The second-order valence-electron chi connectivity index (χ2n) is 8.83. The summed E-state index contributed by atoms with van der Waals surface area (Å²) in [6, 6.07) is 10.6. The fraction of sp³-hybridized carbons (Fsp3) is 0.455. The molecule has 0 heterocycles. The third kappa shape index (κ3) is 3.81. The van der Waals surface area contributed by atoms with E-state index in [1.54, 1.807) is 0 Å². The quantitative estimate of drug-likeness (QED) is 0.774. The lowest BCUT2D eigenvalue weighted by molar-refractivity contribution is 0.448. The Morgan fingerprint density at radius 2 is 1.50 bits per heavy atom. The van der Waals surface area contributed by atoms with Crippen LogP contribution in [0.25, 0.3) is 11.1 Å². The highest BCUT2D eigenvalue weighted by atomic mass is 16.3. The Kier molecular flexibility index (Phi) is 4.83. The van der Waals surface area contributed by atoms with Crippen LogP contribution in [0.5, 0.6) is 5.75 Å². The van der Waals surface area contributed by atoms with Crippen molar-refractivity contribution in [2.24, 2.45) is 5.73 Å². The van der Waals surface area contributed by atoms with Crippen LogP contribution in [0.1, 0.15) is 63.8 Å². The van der Waals surface area contributed by atoms with Crippen molar-refractivity contribution in [1.82, 2.24) is 0 Å². The molecule has 0 unspecified atom stereocenters. The number of phenols is 1. The summed E-state index contributed by atoms with van der Waals surface area (Å²) in [6.45, 7) is 15.5. The first-order valence-corrected chi connectivity index (χ1v) is 8.62. The van der Waals surface area contributed by atoms with Crippen molar-refractivity contribution in [3.63, 3.8) is 0 Å². The van der Waals surface area contributed by atoms with E-state index in [0.717, 1.165) is 27.8 Å². The third-order valence-corrected chi connectivity index (χ3v) is 4.47. The number of phenolic OH excluding ortho intramolecular Hbond substituents is 1. The molecule has 24 heavy (non-hydrogen) atoms. The van der Waals surface area contributed by atoms with Gasteiger partial charge in [0.2, 0.25) is 0 Å². The molecule has 0 aliphatic carbocycles. The number of nitrogens with two attached hydrogens (primary N) is 1. The first-order valence-electron chi connectivity index (χ1n) is 8.62. The normalized spacial score (nSPS) is 12.5. The largest absolute Gasteiger partial charge is 0.507 e. The molecule has 2 rings (SSSR count). The predicted molar refractivity (Wildman–Crippen MR) is 104 cm³/mol. The van der Waals surface area contributed by atoms with Crippen molar-refractivity contribution in [2.45, 2.75) is 65.8 Å². The first kappa shape index (κ1) is 18.5. The lowest BCUT2D eigenvalue weighted by Crippen LogP contribution is -2.13. The average molecular weight is 325 g/mol. The summed E-state index contributed by atoms with van der Waals surface area (Å²) in [5, 5.41) is 10.9. The Balaban J connectivity index is 2.75. The number of hydrogen-bond donors (Lipinski definition) is 2. The molecule has 0 aromatic heterocycles. The molecule has 3 N–H and O–H groups in total. The van der Waals surface area contributed by atoms with Crippen LogP contribution in [0.3, 0.4) is 0 Å². The lowest BCUT2D eigenvalue weighted by atomic mass is 9.81. The minimum Gasteiger partial charge on any atom is -0.507 e. The summed E-state index contributed by atoms with van der Waals surface area (Å²) in [5.41, 5.74) is 12.2. The molecule has 2 aromatic carbocycles. The molecule has 2 nitrogen and oxygen atoms in total.